The zero-order chi connectivity index (χ0) is 9.61. The molecule has 1 unspecified atom stereocenters. The van der Waals surface area contributed by atoms with Crippen LogP contribution in [0.3, 0.4) is 0 Å². The lowest BCUT2D eigenvalue weighted by atomic mass is 10.00. The first kappa shape index (κ1) is 12.6. The summed E-state index contributed by atoms with van der Waals surface area (Å²) in [5.41, 5.74) is 0. The first-order valence-corrected chi connectivity index (χ1v) is 6.04. The summed E-state index contributed by atoms with van der Waals surface area (Å²) >= 11 is 6.51. The second-order valence-corrected chi connectivity index (χ2v) is 5.29. The Morgan fingerprint density at radius 2 is 1.92 bits per heavy atom. The third kappa shape index (κ3) is 4.04. The molecular formula is C9H16Br2O. The van der Waals surface area contributed by atoms with Crippen molar-refractivity contribution in [3.8, 4) is 0 Å². The van der Waals surface area contributed by atoms with E-state index in [1.54, 1.807) is 0 Å². The van der Waals surface area contributed by atoms with E-state index in [4.69, 9.17) is 0 Å². The van der Waals surface area contributed by atoms with E-state index in [1.807, 2.05) is 6.92 Å². The molecule has 12 heavy (non-hydrogen) atoms. The topological polar surface area (TPSA) is 17.1 Å². The number of carbonyl (C=O) groups excluding carboxylic acids is 1. The van der Waals surface area contributed by atoms with Crippen molar-refractivity contribution in [2.24, 2.45) is 0 Å². The van der Waals surface area contributed by atoms with Gasteiger partial charge in [0.2, 0.25) is 4.69 Å². The Kier molecular flexibility index (Phi) is 6.46. The van der Waals surface area contributed by atoms with Gasteiger partial charge < -0.3 is 0 Å². The van der Waals surface area contributed by atoms with E-state index in [0.717, 1.165) is 19.3 Å². The highest BCUT2D eigenvalue weighted by Crippen LogP contribution is 2.32. The zero-order valence-corrected chi connectivity index (χ0v) is 10.9. The Balaban J connectivity index is 3.88. The Hall–Kier alpha value is 0.630. The lowest BCUT2D eigenvalue weighted by Gasteiger charge is -2.21. The quantitative estimate of drug-likeness (QED) is 0.411. The lowest BCUT2D eigenvalue weighted by Crippen LogP contribution is -2.26. The van der Waals surface area contributed by atoms with Crippen LogP contribution in [0.4, 0.5) is 0 Å². The van der Waals surface area contributed by atoms with Gasteiger partial charge in [-0.1, -0.05) is 49.0 Å². The third-order valence-corrected chi connectivity index (χ3v) is 4.70. The average Bonchev–Trinajstić information content (AvgIpc) is 2.04. The van der Waals surface area contributed by atoms with Crippen LogP contribution in [0.1, 0.15) is 46.0 Å². The molecule has 1 atom stereocenters. The van der Waals surface area contributed by atoms with Gasteiger partial charge in [-0.05, 0) is 28.8 Å². The van der Waals surface area contributed by atoms with Gasteiger partial charge >= 0.3 is 0 Å². The summed E-state index contributed by atoms with van der Waals surface area (Å²) in [5.74, 6) is 0. The standard InChI is InChI=1S/C9H16Br2O/c1-3-5-6-7-9(11,4-2)8(10)12/h3-7H2,1-2H3. The molecule has 0 aliphatic heterocycles. The van der Waals surface area contributed by atoms with Crippen LogP contribution in [0, 0.1) is 0 Å². The van der Waals surface area contributed by atoms with Gasteiger partial charge in [0.15, 0.2) is 0 Å². The van der Waals surface area contributed by atoms with E-state index in [2.05, 4.69) is 38.8 Å². The molecule has 0 aromatic carbocycles. The predicted octanol–water partition coefficient (Wildman–Crippen LogP) is 4.03. The normalized spacial score (nSPS) is 15.7. The van der Waals surface area contributed by atoms with Gasteiger partial charge in [-0.15, -0.1) is 0 Å². The van der Waals surface area contributed by atoms with Crippen molar-refractivity contribution in [3.63, 3.8) is 0 Å². The molecule has 0 bridgehead atoms. The number of hydrogen-bond donors (Lipinski definition) is 0. The number of unbranched alkanes of at least 4 members (excludes halogenated alkanes) is 2. The molecule has 0 aliphatic rings. The Bertz CT molecular complexity index is 147. The van der Waals surface area contributed by atoms with Gasteiger partial charge in [-0.2, -0.15) is 0 Å². The highest BCUT2D eigenvalue weighted by Gasteiger charge is 2.30. The summed E-state index contributed by atoms with van der Waals surface area (Å²) in [6.07, 6.45) is 5.30. The van der Waals surface area contributed by atoms with Crippen LogP contribution in [0.5, 0.6) is 0 Å². The molecule has 0 saturated carbocycles. The SMILES string of the molecule is CCCCCC(Br)(CC)C(=O)Br. The summed E-state index contributed by atoms with van der Waals surface area (Å²) in [7, 11) is 0. The van der Waals surface area contributed by atoms with E-state index in [0.29, 0.717) is 0 Å². The molecule has 0 aliphatic carbocycles. The minimum absolute atomic E-state index is 0.0774. The van der Waals surface area contributed by atoms with Crippen molar-refractivity contribution < 1.29 is 4.79 Å². The first-order chi connectivity index (χ1) is 5.56. The molecule has 0 rings (SSSR count). The number of halogens is 2. The predicted molar refractivity (Wildman–Crippen MR) is 60.0 cm³/mol. The van der Waals surface area contributed by atoms with Crippen LogP contribution in [0.15, 0.2) is 0 Å². The van der Waals surface area contributed by atoms with E-state index >= 15 is 0 Å². The van der Waals surface area contributed by atoms with Crippen molar-refractivity contribution in [3.05, 3.63) is 0 Å². The van der Waals surface area contributed by atoms with Crippen molar-refractivity contribution in [2.45, 2.75) is 50.3 Å². The summed E-state index contributed by atoms with van der Waals surface area (Å²) in [6, 6.07) is 0. The number of carbonyl (C=O) groups is 1. The molecule has 0 aromatic heterocycles. The fourth-order valence-electron chi connectivity index (χ4n) is 1.07. The maximum atomic E-state index is 11.2. The van der Waals surface area contributed by atoms with Gasteiger partial charge in [0.25, 0.3) is 0 Å². The number of hydrogen-bond acceptors (Lipinski definition) is 1. The summed E-state index contributed by atoms with van der Waals surface area (Å²) in [4.78, 5) is 11.2. The molecule has 0 amide bonds. The van der Waals surface area contributed by atoms with E-state index in [1.165, 1.54) is 12.8 Å². The highest BCUT2D eigenvalue weighted by molar-refractivity contribution is 9.20. The molecular weight excluding hydrogens is 284 g/mol. The third-order valence-electron chi connectivity index (χ3n) is 2.09. The van der Waals surface area contributed by atoms with Crippen molar-refractivity contribution >= 4 is 36.6 Å². The molecule has 72 valence electrons. The molecule has 0 fully saturated rings. The summed E-state index contributed by atoms with van der Waals surface area (Å²) in [6.45, 7) is 4.19. The van der Waals surface area contributed by atoms with Crippen LogP contribution in [0.2, 0.25) is 0 Å². The van der Waals surface area contributed by atoms with Gasteiger partial charge in [-0.25, -0.2) is 0 Å². The van der Waals surface area contributed by atoms with E-state index < -0.39 is 0 Å². The molecule has 0 radical (unpaired) electrons. The molecule has 0 saturated heterocycles. The Morgan fingerprint density at radius 3 is 2.25 bits per heavy atom. The molecule has 3 heteroatoms. The summed E-state index contributed by atoms with van der Waals surface area (Å²) < 4.78 is -0.240. The average molecular weight is 300 g/mol. The fraction of sp³-hybridized carbons (Fsp3) is 0.889. The van der Waals surface area contributed by atoms with Crippen LogP contribution in [0.25, 0.3) is 0 Å². The van der Waals surface area contributed by atoms with Gasteiger partial charge in [-0.3, -0.25) is 4.79 Å². The van der Waals surface area contributed by atoms with Crippen molar-refractivity contribution in [1.29, 1.82) is 0 Å². The van der Waals surface area contributed by atoms with Crippen LogP contribution >= 0.6 is 31.9 Å². The molecule has 0 N–H and O–H groups in total. The number of alkyl halides is 1. The fourth-order valence-corrected chi connectivity index (χ4v) is 1.83. The van der Waals surface area contributed by atoms with Gasteiger partial charge in [0.05, 0.1) is 4.32 Å². The molecule has 0 spiro atoms. The second kappa shape index (κ2) is 6.14. The zero-order valence-electron chi connectivity index (χ0n) is 7.70. The number of rotatable bonds is 6. The highest BCUT2D eigenvalue weighted by atomic mass is 79.9. The maximum absolute atomic E-state index is 11.2. The van der Waals surface area contributed by atoms with Gasteiger partial charge in [0.1, 0.15) is 0 Å². The Morgan fingerprint density at radius 1 is 1.33 bits per heavy atom. The monoisotopic (exact) mass is 298 g/mol. The van der Waals surface area contributed by atoms with E-state index in [-0.39, 0.29) is 9.02 Å². The second-order valence-electron chi connectivity index (χ2n) is 3.05. The van der Waals surface area contributed by atoms with Crippen LogP contribution in [-0.4, -0.2) is 9.02 Å². The molecule has 0 heterocycles. The van der Waals surface area contributed by atoms with Crippen LogP contribution < -0.4 is 0 Å². The molecule has 0 aromatic rings. The largest absolute Gasteiger partial charge is 0.285 e. The van der Waals surface area contributed by atoms with Crippen LogP contribution in [-0.2, 0) is 4.79 Å². The summed E-state index contributed by atoms with van der Waals surface area (Å²) in [5, 5.41) is 0. The minimum Gasteiger partial charge on any atom is -0.285 e. The lowest BCUT2D eigenvalue weighted by molar-refractivity contribution is -0.112. The van der Waals surface area contributed by atoms with Crippen molar-refractivity contribution in [2.75, 3.05) is 0 Å². The Labute approximate surface area is 91.6 Å². The smallest absolute Gasteiger partial charge is 0.214 e. The minimum atomic E-state index is -0.317. The first-order valence-electron chi connectivity index (χ1n) is 4.45. The maximum Gasteiger partial charge on any atom is 0.214 e. The molecule has 1 nitrogen and oxygen atoms in total. The van der Waals surface area contributed by atoms with Gasteiger partial charge in [0, 0.05) is 0 Å². The van der Waals surface area contributed by atoms with Crippen molar-refractivity contribution in [1.82, 2.24) is 0 Å². The van der Waals surface area contributed by atoms with E-state index in [9.17, 15) is 4.79 Å².